The highest BCUT2D eigenvalue weighted by molar-refractivity contribution is 7.10. The van der Waals surface area contributed by atoms with Crippen LogP contribution >= 0.6 is 11.3 Å². The van der Waals surface area contributed by atoms with Crippen molar-refractivity contribution in [1.82, 2.24) is 4.90 Å². The van der Waals surface area contributed by atoms with Gasteiger partial charge in [0.15, 0.2) is 5.96 Å². The molecule has 1 aromatic carbocycles. The number of hydrogen-bond donors (Lipinski definition) is 1. The summed E-state index contributed by atoms with van der Waals surface area (Å²) in [5, 5.41) is 2.08. The number of guanidine groups is 1. The highest BCUT2D eigenvalue weighted by Crippen LogP contribution is 2.39. The van der Waals surface area contributed by atoms with E-state index in [1.165, 1.54) is 4.90 Å². The van der Waals surface area contributed by atoms with Gasteiger partial charge in [-0.25, -0.2) is 4.99 Å². The lowest BCUT2D eigenvalue weighted by Crippen LogP contribution is -2.47. The Morgan fingerprint density at radius 1 is 1.38 bits per heavy atom. The van der Waals surface area contributed by atoms with Crippen molar-refractivity contribution in [2.24, 2.45) is 10.7 Å². The Hall–Kier alpha value is -2.34. The number of carbonyl (C=O) groups excluding carboxylic acids is 1. The third-order valence-corrected chi connectivity index (χ3v) is 5.37. The van der Waals surface area contributed by atoms with Crippen molar-refractivity contribution in [3.8, 4) is 16.9 Å². The molecule has 0 radical (unpaired) electrons. The summed E-state index contributed by atoms with van der Waals surface area (Å²) in [4.78, 5) is 19.1. The number of amides is 1. The van der Waals surface area contributed by atoms with Crippen molar-refractivity contribution in [3.63, 3.8) is 0 Å². The van der Waals surface area contributed by atoms with Gasteiger partial charge in [-0.2, -0.15) is 0 Å². The molecule has 1 aliphatic heterocycles. The Balaban J connectivity index is 1.93. The van der Waals surface area contributed by atoms with Gasteiger partial charge in [0.05, 0.1) is 13.0 Å². The minimum Gasteiger partial charge on any atom is -0.494 e. The number of ether oxygens (including phenoxy) is 1. The zero-order chi connectivity index (χ0) is 17.3. The van der Waals surface area contributed by atoms with Crippen LogP contribution < -0.4 is 10.5 Å². The number of thiophene rings is 1. The number of nitrogens with two attached hydrogens (primary N) is 1. The molecular formula is C18H21N3O2S. The first-order valence-corrected chi connectivity index (χ1v) is 8.75. The minimum atomic E-state index is -0.603. The third kappa shape index (κ3) is 3.01. The van der Waals surface area contributed by atoms with Gasteiger partial charge in [0, 0.05) is 11.9 Å². The van der Waals surface area contributed by atoms with Crippen molar-refractivity contribution in [2.75, 3.05) is 13.7 Å². The first kappa shape index (κ1) is 16.5. The van der Waals surface area contributed by atoms with Crippen LogP contribution in [0.3, 0.4) is 0 Å². The Labute approximate surface area is 145 Å². The second kappa shape index (κ2) is 6.28. The minimum absolute atomic E-state index is 0.0155. The van der Waals surface area contributed by atoms with Gasteiger partial charge in [-0.15, -0.1) is 11.3 Å². The number of nitrogens with zero attached hydrogens (tertiary/aromatic N) is 2. The van der Waals surface area contributed by atoms with Gasteiger partial charge in [0.25, 0.3) is 0 Å². The molecular weight excluding hydrogens is 322 g/mol. The predicted molar refractivity (Wildman–Crippen MR) is 97.3 cm³/mol. The maximum Gasteiger partial charge on any atom is 0.231 e. The highest BCUT2D eigenvalue weighted by Gasteiger charge is 2.37. The second-order valence-corrected chi connectivity index (χ2v) is 6.95. The van der Waals surface area contributed by atoms with E-state index in [1.54, 1.807) is 18.4 Å². The van der Waals surface area contributed by atoms with Gasteiger partial charge in [-0.3, -0.25) is 9.69 Å². The lowest BCUT2D eigenvalue weighted by Gasteiger charge is -2.32. The summed E-state index contributed by atoms with van der Waals surface area (Å²) in [5.41, 5.74) is 7.47. The molecule has 0 bridgehead atoms. The Bertz CT molecular complexity index is 799. The van der Waals surface area contributed by atoms with Gasteiger partial charge < -0.3 is 10.5 Å². The smallest absolute Gasteiger partial charge is 0.231 e. The summed E-state index contributed by atoms with van der Waals surface area (Å²) in [7, 11) is 1.65. The topological polar surface area (TPSA) is 67.9 Å². The molecule has 0 aliphatic carbocycles. The maximum absolute atomic E-state index is 12.1. The largest absolute Gasteiger partial charge is 0.494 e. The molecule has 2 aromatic rings. The van der Waals surface area contributed by atoms with Crippen molar-refractivity contribution in [3.05, 3.63) is 40.6 Å². The molecule has 0 unspecified atom stereocenters. The quantitative estimate of drug-likeness (QED) is 0.927. The number of aliphatic imine (C=N–C) groups is 1. The molecule has 2 N–H and O–H groups in total. The fraction of sp³-hybridized carbons (Fsp3) is 0.333. The molecule has 126 valence electrons. The van der Waals surface area contributed by atoms with E-state index in [2.05, 4.69) is 16.4 Å². The Kier molecular flexibility index (Phi) is 4.32. The predicted octanol–water partition coefficient (Wildman–Crippen LogP) is 3.21. The fourth-order valence-corrected chi connectivity index (χ4v) is 3.78. The number of carbonyl (C=O) groups is 1. The summed E-state index contributed by atoms with van der Waals surface area (Å²) in [5.74, 6) is 1.10. The molecule has 1 atom stereocenters. The molecule has 2 heterocycles. The maximum atomic E-state index is 12.1. The average molecular weight is 343 g/mol. The highest BCUT2D eigenvalue weighted by atomic mass is 32.1. The first-order chi connectivity index (χ1) is 11.4. The molecule has 1 amide bonds. The number of hydrogen-bond acceptors (Lipinski definition) is 5. The monoisotopic (exact) mass is 343 g/mol. The standard InChI is InChI=1S/C18H21N3O2S/c1-4-23-14-7-5-6-12(8-14)13-9-15(24-11-13)18(2)10-16(22)21(3)17(19)20-18/h5-9,11H,4,10H2,1-3H3,(H2,19,20)/t18-/m0/s1. The van der Waals surface area contributed by atoms with E-state index in [-0.39, 0.29) is 11.9 Å². The van der Waals surface area contributed by atoms with Crippen molar-refractivity contribution >= 4 is 23.2 Å². The van der Waals surface area contributed by atoms with Crippen molar-refractivity contribution < 1.29 is 9.53 Å². The van der Waals surface area contributed by atoms with Crippen LogP contribution in [0.1, 0.15) is 25.1 Å². The normalized spacial score (nSPS) is 20.9. The molecule has 6 heteroatoms. The van der Waals surface area contributed by atoms with E-state index in [1.807, 2.05) is 38.1 Å². The van der Waals surface area contributed by atoms with E-state index >= 15 is 0 Å². The molecule has 0 spiro atoms. The summed E-state index contributed by atoms with van der Waals surface area (Å²) >= 11 is 1.60. The SMILES string of the molecule is CCOc1cccc(-c2csc([C@]3(C)CC(=O)N(C)C(N)=N3)c2)c1. The van der Waals surface area contributed by atoms with E-state index in [0.717, 1.165) is 21.8 Å². The van der Waals surface area contributed by atoms with Crippen LogP contribution in [-0.2, 0) is 10.3 Å². The second-order valence-electron chi connectivity index (χ2n) is 6.03. The lowest BCUT2D eigenvalue weighted by atomic mass is 9.93. The van der Waals surface area contributed by atoms with Crippen LogP contribution in [0.5, 0.6) is 5.75 Å². The molecule has 1 aromatic heterocycles. The zero-order valence-electron chi connectivity index (χ0n) is 14.1. The molecule has 3 rings (SSSR count). The molecule has 0 saturated carbocycles. The van der Waals surface area contributed by atoms with E-state index in [9.17, 15) is 4.79 Å². The molecule has 0 saturated heterocycles. The van der Waals surface area contributed by atoms with Crippen LogP contribution in [0.4, 0.5) is 0 Å². The van der Waals surface area contributed by atoms with Crippen molar-refractivity contribution in [2.45, 2.75) is 25.8 Å². The Morgan fingerprint density at radius 2 is 2.17 bits per heavy atom. The van der Waals surface area contributed by atoms with E-state index in [0.29, 0.717) is 13.0 Å². The third-order valence-electron chi connectivity index (χ3n) is 4.18. The van der Waals surface area contributed by atoms with E-state index < -0.39 is 5.54 Å². The molecule has 1 aliphatic rings. The zero-order valence-corrected chi connectivity index (χ0v) is 14.9. The van der Waals surface area contributed by atoms with Crippen LogP contribution in [0, 0.1) is 0 Å². The van der Waals surface area contributed by atoms with Gasteiger partial charge in [0.1, 0.15) is 11.3 Å². The molecule has 5 nitrogen and oxygen atoms in total. The van der Waals surface area contributed by atoms with Gasteiger partial charge in [-0.1, -0.05) is 12.1 Å². The number of rotatable bonds is 4. The van der Waals surface area contributed by atoms with E-state index in [4.69, 9.17) is 10.5 Å². The summed E-state index contributed by atoms with van der Waals surface area (Å²) < 4.78 is 5.57. The van der Waals surface area contributed by atoms with Gasteiger partial charge in [0.2, 0.25) is 5.91 Å². The Morgan fingerprint density at radius 3 is 2.88 bits per heavy atom. The van der Waals surface area contributed by atoms with Gasteiger partial charge in [-0.05, 0) is 48.6 Å². The van der Waals surface area contributed by atoms with Crippen LogP contribution in [0.2, 0.25) is 0 Å². The first-order valence-electron chi connectivity index (χ1n) is 7.87. The van der Waals surface area contributed by atoms with Crippen molar-refractivity contribution in [1.29, 1.82) is 0 Å². The number of benzene rings is 1. The van der Waals surface area contributed by atoms with Crippen LogP contribution in [0.15, 0.2) is 40.7 Å². The lowest BCUT2D eigenvalue weighted by molar-refractivity contribution is -0.128. The summed E-state index contributed by atoms with van der Waals surface area (Å²) in [6.45, 7) is 4.56. The summed E-state index contributed by atoms with van der Waals surface area (Å²) in [6.07, 6.45) is 0.323. The van der Waals surface area contributed by atoms with Crippen LogP contribution in [0.25, 0.3) is 11.1 Å². The molecule has 0 fully saturated rings. The fourth-order valence-electron chi connectivity index (χ4n) is 2.75. The molecule has 24 heavy (non-hydrogen) atoms. The van der Waals surface area contributed by atoms with Crippen LogP contribution in [-0.4, -0.2) is 30.4 Å². The summed E-state index contributed by atoms with van der Waals surface area (Å²) in [6, 6.07) is 10.1. The average Bonchev–Trinajstić information content (AvgIpc) is 3.04. The van der Waals surface area contributed by atoms with Gasteiger partial charge >= 0.3 is 0 Å².